The average Bonchev–Trinajstić information content (AvgIpc) is 3.00. The molecule has 0 spiro atoms. The van der Waals surface area contributed by atoms with Crippen LogP contribution in [0.25, 0.3) is 6.08 Å². The van der Waals surface area contributed by atoms with Crippen LogP contribution in [0.4, 0.5) is 4.39 Å². The summed E-state index contributed by atoms with van der Waals surface area (Å²) in [5.41, 5.74) is 7.45. The van der Waals surface area contributed by atoms with Gasteiger partial charge in [-0.25, -0.2) is 4.39 Å². The Hall–Kier alpha value is -4.31. The van der Waals surface area contributed by atoms with Gasteiger partial charge in [0, 0.05) is 39.3 Å². The van der Waals surface area contributed by atoms with Crippen LogP contribution in [0.15, 0.2) is 151 Å². The molecular formula is C38H37FN2. The van der Waals surface area contributed by atoms with E-state index in [1.54, 1.807) is 12.1 Å². The third-order valence-corrected chi connectivity index (χ3v) is 7.09. The van der Waals surface area contributed by atoms with Crippen LogP contribution in [0, 0.1) is 5.82 Å². The first-order valence-corrected chi connectivity index (χ1v) is 14.2. The Kier molecular flexibility index (Phi) is 10.3. The van der Waals surface area contributed by atoms with Gasteiger partial charge in [-0.1, -0.05) is 140 Å². The Labute approximate surface area is 244 Å². The van der Waals surface area contributed by atoms with Crippen LogP contribution in [0.5, 0.6) is 0 Å². The molecule has 0 saturated heterocycles. The lowest BCUT2D eigenvalue weighted by molar-refractivity contribution is 0.245. The highest BCUT2D eigenvalue weighted by atomic mass is 19.1. The molecule has 0 saturated carbocycles. The van der Waals surface area contributed by atoms with E-state index in [4.69, 9.17) is 0 Å². The summed E-state index contributed by atoms with van der Waals surface area (Å²) in [5, 5.41) is 0. The minimum absolute atomic E-state index is 0.215. The van der Waals surface area contributed by atoms with Crippen LogP contribution in [-0.4, -0.2) is 22.9 Å². The van der Waals surface area contributed by atoms with Crippen molar-refractivity contribution in [2.45, 2.75) is 26.2 Å². The van der Waals surface area contributed by atoms with E-state index in [1.807, 2.05) is 12.1 Å². The zero-order valence-corrected chi connectivity index (χ0v) is 23.4. The summed E-state index contributed by atoms with van der Waals surface area (Å²) in [5.74, 6) is -0.215. The highest BCUT2D eigenvalue weighted by Gasteiger charge is 2.15. The van der Waals surface area contributed by atoms with Crippen LogP contribution in [0.3, 0.4) is 0 Å². The number of rotatable bonds is 13. The molecule has 2 nitrogen and oxygen atoms in total. The first kappa shape index (κ1) is 28.2. The maximum absolute atomic E-state index is 13.8. The summed E-state index contributed by atoms with van der Waals surface area (Å²) < 4.78 is 13.8. The molecule has 41 heavy (non-hydrogen) atoms. The molecule has 206 valence electrons. The molecule has 0 radical (unpaired) electrons. The molecule has 0 aliphatic carbocycles. The van der Waals surface area contributed by atoms with E-state index in [0.29, 0.717) is 0 Å². The molecule has 3 heteroatoms. The molecule has 0 aromatic heterocycles. The van der Waals surface area contributed by atoms with Crippen LogP contribution in [0.1, 0.15) is 27.8 Å². The lowest BCUT2D eigenvalue weighted by Gasteiger charge is -2.29. The minimum Gasteiger partial charge on any atom is -0.291 e. The van der Waals surface area contributed by atoms with Crippen molar-refractivity contribution in [1.29, 1.82) is 0 Å². The molecule has 5 aromatic carbocycles. The maximum Gasteiger partial charge on any atom is 0.123 e. The van der Waals surface area contributed by atoms with Gasteiger partial charge >= 0.3 is 0 Å². The molecular weight excluding hydrogens is 503 g/mol. The van der Waals surface area contributed by atoms with Gasteiger partial charge in [-0.05, 0) is 45.5 Å². The van der Waals surface area contributed by atoms with Gasteiger partial charge in [0.2, 0.25) is 0 Å². The summed E-state index contributed by atoms with van der Waals surface area (Å²) in [6.45, 7) is 4.95. The van der Waals surface area contributed by atoms with E-state index in [9.17, 15) is 4.39 Å². The Bertz CT molecular complexity index is 1290. The molecule has 0 aliphatic rings. The van der Waals surface area contributed by atoms with Crippen molar-refractivity contribution in [2.24, 2.45) is 0 Å². The monoisotopic (exact) mass is 540 g/mol. The zero-order valence-electron chi connectivity index (χ0n) is 23.4. The van der Waals surface area contributed by atoms with E-state index < -0.39 is 0 Å². The zero-order chi connectivity index (χ0) is 28.1. The van der Waals surface area contributed by atoms with Gasteiger partial charge in [0.05, 0.1) is 0 Å². The first-order valence-electron chi connectivity index (χ1n) is 14.2. The Morgan fingerprint density at radius 1 is 0.439 bits per heavy atom. The predicted molar refractivity (Wildman–Crippen MR) is 168 cm³/mol. The molecule has 0 aliphatic heterocycles. The second-order valence-corrected chi connectivity index (χ2v) is 10.6. The van der Waals surface area contributed by atoms with Crippen molar-refractivity contribution in [1.82, 2.24) is 9.80 Å². The second-order valence-electron chi connectivity index (χ2n) is 10.6. The molecule has 0 atom stereocenters. The molecule has 0 N–H and O–H groups in total. The average molecular weight is 541 g/mol. The van der Waals surface area contributed by atoms with Crippen LogP contribution < -0.4 is 0 Å². The predicted octanol–water partition coefficient (Wildman–Crippen LogP) is 8.61. The largest absolute Gasteiger partial charge is 0.291 e. The molecule has 0 amide bonds. The molecule has 5 aromatic rings. The fourth-order valence-electron chi connectivity index (χ4n) is 5.21. The van der Waals surface area contributed by atoms with Gasteiger partial charge in [-0.2, -0.15) is 0 Å². The second kappa shape index (κ2) is 14.9. The normalized spacial score (nSPS) is 11.1. The van der Waals surface area contributed by atoms with Crippen LogP contribution in [0.2, 0.25) is 0 Å². The van der Waals surface area contributed by atoms with Gasteiger partial charge in [-0.15, -0.1) is 0 Å². The van der Waals surface area contributed by atoms with Gasteiger partial charge in [-0.3, -0.25) is 9.80 Å². The van der Waals surface area contributed by atoms with E-state index in [1.165, 1.54) is 27.8 Å². The fourth-order valence-corrected chi connectivity index (χ4v) is 5.21. The van der Waals surface area contributed by atoms with Crippen molar-refractivity contribution >= 4 is 6.08 Å². The van der Waals surface area contributed by atoms with E-state index in [2.05, 4.69) is 137 Å². The van der Waals surface area contributed by atoms with Crippen molar-refractivity contribution in [2.75, 3.05) is 13.1 Å². The summed E-state index contributed by atoms with van der Waals surface area (Å²) in [4.78, 5) is 5.01. The molecule has 0 bridgehead atoms. The molecule has 0 fully saturated rings. The van der Waals surface area contributed by atoms with Gasteiger partial charge in [0.1, 0.15) is 5.82 Å². The third-order valence-electron chi connectivity index (χ3n) is 7.09. The number of nitrogens with zero attached hydrogens (tertiary/aromatic N) is 2. The van der Waals surface area contributed by atoms with Gasteiger partial charge < -0.3 is 0 Å². The van der Waals surface area contributed by atoms with Gasteiger partial charge in [0.15, 0.2) is 0 Å². The number of hydrogen-bond acceptors (Lipinski definition) is 2. The quantitative estimate of drug-likeness (QED) is 0.148. The third kappa shape index (κ3) is 9.39. The summed E-state index contributed by atoms with van der Waals surface area (Å²) in [7, 11) is 0. The van der Waals surface area contributed by atoms with Gasteiger partial charge in [0.25, 0.3) is 0 Å². The highest BCUT2D eigenvalue weighted by Crippen LogP contribution is 2.19. The fraction of sp³-hybridized carbons (Fsp3) is 0.158. The highest BCUT2D eigenvalue weighted by molar-refractivity contribution is 5.53. The standard InChI is InChI=1S/C38H37FN2/c39-38-23-21-32(22-24-38)25-37(30-40(26-33-13-5-1-6-14-33)27-34-15-7-2-8-16-34)31-41(28-35-17-9-3-10-18-35)29-36-19-11-4-12-20-36/h1-25H,26-31H2. The SMILES string of the molecule is Fc1ccc(C=C(CN(Cc2ccccc2)Cc2ccccc2)CN(Cc2ccccc2)Cc2ccccc2)cc1. The molecule has 0 unspecified atom stereocenters. The van der Waals surface area contributed by atoms with Crippen molar-refractivity contribution < 1.29 is 4.39 Å². The smallest absolute Gasteiger partial charge is 0.123 e. The van der Waals surface area contributed by atoms with Crippen molar-refractivity contribution in [3.63, 3.8) is 0 Å². The van der Waals surface area contributed by atoms with E-state index >= 15 is 0 Å². The van der Waals surface area contributed by atoms with Crippen LogP contribution >= 0.6 is 0 Å². The lowest BCUT2D eigenvalue weighted by Crippen LogP contribution is -2.31. The lowest BCUT2D eigenvalue weighted by atomic mass is 10.1. The molecule has 5 rings (SSSR count). The number of benzene rings is 5. The molecule has 0 heterocycles. The van der Waals surface area contributed by atoms with Crippen molar-refractivity contribution in [3.8, 4) is 0 Å². The summed E-state index contributed by atoms with van der Waals surface area (Å²) in [6, 6.07) is 49.5. The maximum atomic E-state index is 13.8. The number of halogens is 1. The minimum atomic E-state index is -0.215. The van der Waals surface area contributed by atoms with E-state index in [-0.39, 0.29) is 5.82 Å². The Balaban J connectivity index is 1.46. The first-order chi connectivity index (χ1) is 20.2. The summed E-state index contributed by atoms with van der Waals surface area (Å²) >= 11 is 0. The summed E-state index contributed by atoms with van der Waals surface area (Å²) in [6.07, 6.45) is 2.24. The topological polar surface area (TPSA) is 6.48 Å². The van der Waals surface area contributed by atoms with E-state index in [0.717, 1.165) is 44.8 Å². The Morgan fingerprint density at radius 3 is 1.07 bits per heavy atom. The van der Waals surface area contributed by atoms with Crippen molar-refractivity contribution in [3.05, 3.63) is 185 Å². The number of hydrogen-bond donors (Lipinski definition) is 0. The Morgan fingerprint density at radius 2 is 0.756 bits per heavy atom. The van der Waals surface area contributed by atoms with Crippen LogP contribution in [-0.2, 0) is 26.2 Å².